The van der Waals surface area contributed by atoms with Crippen LogP contribution < -0.4 is 28.9 Å². The molecule has 1 aliphatic heterocycles. The van der Waals surface area contributed by atoms with Gasteiger partial charge in [-0.25, -0.2) is 0 Å². The molecule has 1 N–H and O–H groups in total. The molecular weight excluding hydrogens is 279 g/mol. The van der Waals surface area contributed by atoms with Crippen molar-refractivity contribution in [1.82, 2.24) is 4.90 Å². The van der Waals surface area contributed by atoms with Crippen molar-refractivity contribution < 1.29 is 28.9 Å². The second-order valence-electron chi connectivity index (χ2n) is 4.49. The van der Waals surface area contributed by atoms with Crippen LogP contribution >= 0.6 is 0 Å². The predicted octanol–water partition coefficient (Wildman–Crippen LogP) is -2.87. The van der Waals surface area contributed by atoms with Gasteiger partial charge in [-0.15, -0.1) is 0 Å². The highest BCUT2D eigenvalue weighted by Crippen LogP contribution is 2.10. The summed E-state index contributed by atoms with van der Waals surface area (Å²) >= 11 is 0. The van der Waals surface area contributed by atoms with E-state index in [0.717, 1.165) is 5.79 Å². The molecular formula is C8H19IN2Si. The number of halogens is 1. The zero-order chi connectivity index (χ0) is 8.65. The molecule has 0 spiro atoms. The molecule has 0 aromatic heterocycles. The van der Waals surface area contributed by atoms with Crippen LogP contribution in [-0.2, 0) is 0 Å². The smallest absolute Gasteiger partial charge is 0.144 e. The van der Waals surface area contributed by atoms with Gasteiger partial charge in [-0.1, -0.05) is 19.6 Å². The summed E-state index contributed by atoms with van der Waals surface area (Å²) in [5.41, 5.74) is 0. The van der Waals surface area contributed by atoms with Crippen molar-refractivity contribution in [3.63, 3.8) is 0 Å². The van der Waals surface area contributed by atoms with Gasteiger partial charge in [-0.2, -0.15) is 0 Å². The third kappa shape index (κ3) is 2.47. The normalized spacial score (nSPS) is 28.9. The fraction of sp³-hybridized carbons (Fsp3) is 0.750. The summed E-state index contributed by atoms with van der Waals surface area (Å²) in [5, 5.41) is 0. The van der Waals surface area contributed by atoms with Crippen LogP contribution in [0.4, 0.5) is 0 Å². The zero-order valence-corrected chi connectivity index (χ0v) is 11.7. The maximum Gasteiger partial charge on any atom is 0.144 e. The van der Waals surface area contributed by atoms with Gasteiger partial charge >= 0.3 is 0 Å². The average molecular weight is 298 g/mol. The summed E-state index contributed by atoms with van der Waals surface area (Å²) in [6.45, 7) is 7.26. The first-order chi connectivity index (χ1) is 4.93. The molecule has 1 aliphatic rings. The second kappa shape index (κ2) is 4.10. The lowest BCUT2D eigenvalue weighted by atomic mass is 10.8. The van der Waals surface area contributed by atoms with E-state index in [0.29, 0.717) is 0 Å². The Bertz CT molecular complexity index is 164. The molecule has 0 aromatic rings. The summed E-state index contributed by atoms with van der Waals surface area (Å²) in [6, 6.07) is 0. The van der Waals surface area contributed by atoms with Crippen LogP contribution in [0.5, 0.6) is 0 Å². The molecule has 0 radical (unpaired) electrons. The number of nitrogens with zero attached hydrogens (tertiary/aromatic N) is 1. The maximum atomic E-state index is 2.42. The lowest BCUT2D eigenvalue weighted by Gasteiger charge is -2.32. The highest BCUT2D eigenvalue weighted by Gasteiger charge is 2.38. The summed E-state index contributed by atoms with van der Waals surface area (Å²) in [7, 11) is 3.39. The van der Waals surface area contributed by atoms with Crippen LogP contribution in [0.25, 0.3) is 0 Å². The molecule has 4 heteroatoms. The summed E-state index contributed by atoms with van der Waals surface area (Å²) < 4.78 is 0. The van der Waals surface area contributed by atoms with Crippen LogP contribution in [0.1, 0.15) is 0 Å². The van der Waals surface area contributed by atoms with Gasteiger partial charge in [0, 0.05) is 7.05 Å². The van der Waals surface area contributed by atoms with E-state index in [1.807, 2.05) is 0 Å². The maximum absolute atomic E-state index is 2.42. The first kappa shape index (κ1) is 12.4. The van der Waals surface area contributed by atoms with Crippen molar-refractivity contribution in [2.24, 2.45) is 0 Å². The lowest BCUT2D eigenvalue weighted by Crippen LogP contribution is -3.11. The third-order valence-electron chi connectivity index (χ3n) is 2.23. The Morgan fingerprint density at radius 3 is 2.00 bits per heavy atom. The molecule has 1 rings (SSSR count). The van der Waals surface area contributed by atoms with E-state index in [1.54, 1.807) is 0 Å². The van der Waals surface area contributed by atoms with Crippen molar-refractivity contribution in [2.75, 3.05) is 14.1 Å². The van der Waals surface area contributed by atoms with Gasteiger partial charge in [0.15, 0.2) is 0 Å². The summed E-state index contributed by atoms with van der Waals surface area (Å²) in [6.07, 6.45) is 4.43. The van der Waals surface area contributed by atoms with Crippen molar-refractivity contribution >= 4 is 8.07 Å². The Kier molecular flexibility index (Phi) is 4.26. The van der Waals surface area contributed by atoms with Crippen LogP contribution in [-0.4, -0.2) is 32.9 Å². The van der Waals surface area contributed by atoms with Gasteiger partial charge in [0.25, 0.3) is 0 Å². The highest BCUT2D eigenvalue weighted by atomic mass is 127. The predicted molar refractivity (Wildman–Crippen MR) is 50.9 cm³/mol. The van der Waals surface area contributed by atoms with E-state index >= 15 is 0 Å². The number of rotatable bonds is 1. The quantitative estimate of drug-likeness (QED) is 0.404. The molecule has 0 aromatic carbocycles. The van der Waals surface area contributed by atoms with Crippen molar-refractivity contribution in [3.05, 3.63) is 12.4 Å². The van der Waals surface area contributed by atoms with Gasteiger partial charge in [-0.3, -0.25) is 4.90 Å². The zero-order valence-electron chi connectivity index (χ0n) is 8.56. The Morgan fingerprint density at radius 1 is 1.33 bits per heavy atom. The minimum atomic E-state index is -1.02. The fourth-order valence-corrected chi connectivity index (χ4v) is 4.80. The molecule has 0 saturated heterocycles. The topological polar surface area (TPSA) is 7.68 Å². The third-order valence-corrected chi connectivity index (χ3v) is 4.73. The number of hydrogen-bond donors (Lipinski definition) is 1. The second-order valence-corrected chi connectivity index (χ2v) is 9.77. The van der Waals surface area contributed by atoms with Crippen LogP contribution in [0.3, 0.4) is 0 Å². The fourth-order valence-electron chi connectivity index (χ4n) is 2.03. The molecule has 2 nitrogen and oxygen atoms in total. The largest absolute Gasteiger partial charge is 1.00 e. The van der Waals surface area contributed by atoms with E-state index in [1.165, 1.54) is 4.90 Å². The molecule has 2 atom stereocenters. The van der Waals surface area contributed by atoms with Crippen molar-refractivity contribution in [1.29, 1.82) is 0 Å². The Hall–Kier alpha value is 0.447. The lowest BCUT2D eigenvalue weighted by molar-refractivity contribution is -0.842. The minimum absolute atomic E-state index is 0. The highest BCUT2D eigenvalue weighted by molar-refractivity contribution is 6.77. The molecule has 0 aliphatic carbocycles. The van der Waals surface area contributed by atoms with Crippen LogP contribution in [0.2, 0.25) is 19.6 Å². The van der Waals surface area contributed by atoms with E-state index in [-0.39, 0.29) is 24.0 Å². The number of nitrogens with one attached hydrogen (secondary N) is 1. The van der Waals surface area contributed by atoms with Crippen LogP contribution in [0, 0.1) is 0 Å². The average Bonchev–Trinajstić information content (AvgIpc) is 2.08. The molecule has 72 valence electrons. The molecule has 0 bridgehead atoms. The van der Waals surface area contributed by atoms with Gasteiger partial charge in [-0.05, 0) is 0 Å². The molecule has 1 heterocycles. The number of quaternary nitrogens is 1. The molecule has 2 unspecified atom stereocenters. The van der Waals surface area contributed by atoms with Gasteiger partial charge in [0.2, 0.25) is 0 Å². The Morgan fingerprint density at radius 2 is 1.83 bits per heavy atom. The van der Waals surface area contributed by atoms with E-state index < -0.39 is 8.07 Å². The van der Waals surface area contributed by atoms with Gasteiger partial charge < -0.3 is 28.9 Å². The monoisotopic (exact) mass is 298 g/mol. The first-order valence-electron chi connectivity index (χ1n) is 4.16. The van der Waals surface area contributed by atoms with E-state index in [4.69, 9.17) is 0 Å². The van der Waals surface area contributed by atoms with Crippen LogP contribution in [0.15, 0.2) is 12.4 Å². The SMILES string of the molecule is CN1C=C[NH+](C)C1[Si](C)(C)C.[I-]. The number of hydrogen-bond acceptors (Lipinski definition) is 1. The van der Waals surface area contributed by atoms with Crippen molar-refractivity contribution in [3.8, 4) is 0 Å². The van der Waals surface area contributed by atoms with Gasteiger partial charge in [0.05, 0.1) is 13.2 Å². The standard InChI is InChI=1S/C8H18N2Si.HI/c1-9-6-7-10(2)8(9)11(3,4)5;/h6-8H,1-5H3;1H. The molecule has 12 heavy (non-hydrogen) atoms. The Balaban J connectivity index is 0.00000121. The Labute approximate surface area is 93.6 Å². The van der Waals surface area contributed by atoms with Crippen molar-refractivity contribution in [2.45, 2.75) is 25.4 Å². The van der Waals surface area contributed by atoms with E-state index in [9.17, 15) is 0 Å². The molecule has 0 saturated carbocycles. The first-order valence-corrected chi connectivity index (χ1v) is 7.74. The molecule has 0 fully saturated rings. The van der Waals surface area contributed by atoms with E-state index in [2.05, 4.69) is 51.0 Å². The summed E-state index contributed by atoms with van der Waals surface area (Å²) in [5.74, 6) is 0.725. The summed E-state index contributed by atoms with van der Waals surface area (Å²) in [4.78, 5) is 3.88. The minimum Gasteiger partial charge on any atom is -1.00 e. The van der Waals surface area contributed by atoms with Gasteiger partial charge in [0.1, 0.15) is 20.1 Å². The molecule has 0 amide bonds.